The molecular formula is C24H24N4O4. The Morgan fingerprint density at radius 3 is 2.59 bits per heavy atom. The molecule has 8 nitrogen and oxygen atoms in total. The Balaban J connectivity index is 1.59. The molecule has 164 valence electrons. The minimum atomic E-state index is -1.36. The fourth-order valence-electron chi connectivity index (χ4n) is 3.86. The second-order valence-corrected chi connectivity index (χ2v) is 7.98. The molecule has 1 aliphatic rings. The number of primary amides is 1. The van der Waals surface area contributed by atoms with Crippen LogP contribution in [0.15, 0.2) is 65.5 Å². The Hall–Kier alpha value is -3.78. The van der Waals surface area contributed by atoms with Crippen LogP contribution in [0.4, 0.5) is 0 Å². The average molecular weight is 432 g/mol. The minimum Gasteiger partial charge on any atom is -0.367 e. The van der Waals surface area contributed by atoms with E-state index >= 15 is 0 Å². The van der Waals surface area contributed by atoms with Gasteiger partial charge in [-0.2, -0.15) is 5.10 Å². The van der Waals surface area contributed by atoms with Gasteiger partial charge in [0.05, 0.1) is 13.2 Å². The summed E-state index contributed by atoms with van der Waals surface area (Å²) in [6.45, 7) is 2.48. The highest BCUT2D eigenvalue weighted by molar-refractivity contribution is 5.93. The normalized spacial score (nSPS) is 18.3. The summed E-state index contributed by atoms with van der Waals surface area (Å²) in [7, 11) is 0. The highest BCUT2D eigenvalue weighted by Crippen LogP contribution is 2.27. The van der Waals surface area contributed by atoms with E-state index in [1.807, 2.05) is 55.5 Å². The van der Waals surface area contributed by atoms with Gasteiger partial charge in [-0.05, 0) is 29.7 Å². The van der Waals surface area contributed by atoms with Crippen molar-refractivity contribution >= 4 is 11.8 Å². The first-order valence-electron chi connectivity index (χ1n) is 10.3. The van der Waals surface area contributed by atoms with Crippen LogP contribution in [-0.4, -0.2) is 52.2 Å². The lowest BCUT2D eigenvalue weighted by atomic mass is 9.90. The first-order chi connectivity index (χ1) is 15.4. The smallest absolute Gasteiger partial charge is 0.274 e. The van der Waals surface area contributed by atoms with Gasteiger partial charge in [-0.1, -0.05) is 54.1 Å². The Kier molecular flexibility index (Phi) is 5.87. The van der Waals surface area contributed by atoms with Crippen molar-refractivity contribution in [3.05, 3.63) is 87.8 Å². The summed E-state index contributed by atoms with van der Waals surface area (Å²) in [5, 5.41) is 6.05. The zero-order valence-electron chi connectivity index (χ0n) is 17.7. The number of nitrogens with one attached hydrogen (secondary N) is 1. The van der Waals surface area contributed by atoms with Crippen molar-refractivity contribution in [2.45, 2.75) is 18.9 Å². The number of carbonyl (C=O) groups is 2. The number of carbonyl (C=O) groups excluding carboxylic acids is 2. The zero-order chi connectivity index (χ0) is 22.7. The lowest BCUT2D eigenvalue weighted by Gasteiger charge is -2.40. The Morgan fingerprint density at radius 1 is 1.12 bits per heavy atom. The Labute approximate surface area is 185 Å². The number of aromatic nitrogens is 2. The van der Waals surface area contributed by atoms with Crippen LogP contribution >= 0.6 is 0 Å². The first kappa shape index (κ1) is 21.5. The van der Waals surface area contributed by atoms with Crippen LogP contribution in [0, 0.1) is 6.92 Å². The molecule has 0 spiro atoms. The molecule has 8 heteroatoms. The molecule has 32 heavy (non-hydrogen) atoms. The highest BCUT2D eigenvalue weighted by Gasteiger charge is 2.44. The second-order valence-electron chi connectivity index (χ2n) is 7.98. The number of ether oxygens (including phenoxy) is 1. The van der Waals surface area contributed by atoms with Crippen LogP contribution in [0.3, 0.4) is 0 Å². The van der Waals surface area contributed by atoms with E-state index < -0.39 is 23.0 Å². The largest absolute Gasteiger partial charge is 0.367 e. The van der Waals surface area contributed by atoms with E-state index in [1.54, 1.807) is 0 Å². The van der Waals surface area contributed by atoms with Gasteiger partial charge in [-0.25, -0.2) is 5.10 Å². The Morgan fingerprint density at radius 2 is 1.91 bits per heavy atom. The third-order valence-corrected chi connectivity index (χ3v) is 5.62. The van der Waals surface area contributed by atoms with Crippen molar-refractivity contribution in [1.82, 2.24) is 15.1 Å². The van der Waals surface area contributed by atoms with Crippen molar-refractivity contribution in [2.24, 2.45) is 5.73 Å². The van der Waals surface area contributed by atoms with Crippen molar-refractivity contribution in [3.8, 4) is 11.1 Å². The van der Waals surface area contributed by atoms with E-state index in [-0.39, 0.29) is 31.8 Å². The summed E-state index contributed by atoms with van der Waals surface area (Å²) in [5.74, 6) is -1.03. The van der Waals surface area contributed by atoms with Gasteiger partial charge in [0.15, 0.2) is 5.60 Å². The molecule has 0 saturated carbocycles. The van der Waals surface area contributed by atoms with E-state index in [1.165, 1.54) is 22.6 Å². The molecule has 2 heterocycles. The number of nitrogens with two attached hydrogens (primary N) is 1. The van der Waals surface area contributed by atoms with E-state index in [0.717, 1.165) is 16.7 Å². The first-order valence-corrected chi connectivity index (χ1v) is 10.3. The van der Waals surface area contributed by atoms with Crippen LogP contribution in [0.5, 0.6) is 0 Å². The molecule has 1 fully saturated rings. The molecule has 3 aromatic rings. The lowest BCUT2D eigenvalue weighted by molar-refractivity contribution is -0.153. The lowest BCUT2D eigenvalue weighted by Crippen LogP contribution is -2.61. The number of H-pyrrole nitrogens is 1. The number of aryl methyl sites for hydroxylation is 1. The number of rotatable bonds is 5. The van der Waals surface area contributed by atoms with Gasteiger partial charge in [0.25, 0.3) is 17.4 Å². The molecule has 1 saturated heterocycles. The molecule has 4 rings (SSSR count). The molecule has 1 aromatic heterocycles. The van der Waals surface area contributed by atoms with Gasteiger partial charge >= 0.3 is 0 Å². The molecule has 0 bridgehead atoms. The number of morpholine rings is 1. The molecule has 3 N–H and O–H groups in total. The van der Waals surface area contributed by atoms with Gasteiger partial charge in [-0.3, -0.25) is 14.4 Å². The maximum absolute atomic E-state index is 12.9. The maximum atomic E-state index is 12.9. The van der Waals surface area contributed by atoms with Crippen LogP contribution in [0.25, 0.3) is 11.1 Å². The zero-order valence-corrected chi connectivity index (χ0v) is 17.7. The van der Waals surface area contributed by atoms with Crippen LogP contribution in [-0.2, 0) is 16.0 Å². The van der Waals surface area contributed by atoms with Crippen LogP contribution in [0.2, 0.25) is 0 Å². The number of hydrogen-bond acceptors (Lipinski definition) is 5. The summed E-state index contributed by atoms with van der Waals surface area (Å²) in [6.07, 6.45) is 0.227. The van der Waals surface area contributed by atoms with Gasteiger partial charge in [-0.15, -0.1) is 0 Å². The predicted octanol–water partition coefficient (Wildman–Crippen LogP) is 1.68. The fraction of sp³-hybridized carbons (Fsp3) is 0.250. The van der Waals surface area contributed by atoms with Crippen LogP contribution < -0.4 is 11.3 Å². The number of aromatic amines is 1. The third-order valence-electron chi connectivity index (χ3n) is 5.62. The molecule has 2 amide bonds. The molecule has 1 aliphatic heterocycles. The maximum Gasteiger partial charge on any atom is 0.274 e. The third kappa shape index (κ3) is 4.45. The van der Waals surface area contributed by atoms with Gasteiger partial charge in [0.2, 0.25) is 0 Å². The topological polar surface area (TPSA) is 118 Å². The standard InChI is InChI=1S/C24H24N4O4/c1-16-5-7-18(8-6-16)19-4-2-3-17(13-19)14-24(23(25)31)15-28(11-12-32-24)22(30)20-9-10-21(29)27-26-20/h2-10,13H,11-12,14-15H2,1H3,(H2,25,31)(H,27,29). The number of benzene rings is 2. The molecule has 2 aromatic carbocycles. The van der Waals surface area contributed by atoms with Crippen molar-refractivity contribution in [1.29, 1.82) is 0 Å². The average Bonchev–Trinajstić information content (AvgIpc) is 2.80. The SMILES string of the molecule is Cc1ccc(-c2cccc(CC3(C(N)=O)CN(C(=O)c4ccc(=O)[nH]n4)CCO3)c2)cc1. The van der Waals surface area contributed by atoms with Crippen LogP contribution in [0.1, 0.15) is 21.6 Å². The molecule has 0 radical (unpaired) electrons. The van der Waals surface area contributed by atoms with Gasteiger partial charge in [0, 0.05) is 19.0 Å². The predicted molar refractivity (Wildman–Crippen MR) is 119 cm³/mol. The quantitative estimate of drug-likeness (QED) is 0.636. The highest BCUT2D eigenvalue weighted by atomic mass is 16.5. The van der Waals surface area contributed by atoms with E-state index in [4.69, 9.17) is 10.5 Å². The number of amides is 2. The molecule has 1 unspecified atom stereocenters. The molecule has 1 atom stereocenters. The van der Waals surface area contributed by atoms with Crippen molar-refractivity contribution in [3.63, 3.8) is 0 Å². The minimum absolute atomic E-state index is 0.00324. The summed E-state index contributed by atoms with van der Waals surface area (Å²) >= 11 is 0. The Bertz CT molecular complexity index is 1180. The fourth-order valence-corrected chi connectivity index (χ4v) is 3.86. The molecular weight excluding hydrogens is 408 g/mol. The van der Waals surface area contributed by atoms with Gasteiger partial charge < -0.3 is 15.4 Å². The molecule has 0 aliphatic carbocycles. The monoisotopic (exact) mass is 432 g/mol. The van der Waals surface area contributed by atoms with Crippen molar-refractivity contribution in [2.75, 3.05) is 19.7 Å². The van der Waals surface area contributed by atoms with Gasteiger partial charge in [0.1, 0.15) is 5.69 Å². The summed E-state index contributed by atoms with van der Waals surface area (Å²) in [6, 6.07) is 18.6. The van der Waals surface area contributed by atoms with E-state index in [9.17, 15) is 14.4 Å². The number of hydrogen-bond donors (Lipinski definition) is 2. The summed E-state index contributed by atoms with van der Waals surface area (Å²) in [5.41, 5.74) is 8.23. The number of nitrogens with zero attached hydrogens (tertiary/aromatic N) is 2. The van der Waals surface area contributed by atoms with E-state index in [2.05, 4.69) is 10.2 Å². The second kappa shape index (κ2) is 8.76. The van der Waals surface area contributed by atoms with E-state index in [0.29, 0.717) is 0 Å². The summed E-state index contributed by atoms with van der Waals surface area (Å²) < 4.78 is 5.88. The summed E-state index contributed by atoms with van der Waals surface area (Å²) in [4.78, 5) is 38.1. The van der Waals surface area contributed by atoms with Crippen molar-refractivity contribution < 1.29 is 14.3 Å².